The van der Waals surface area contributed by atoms with Crippen molar-refractivity contribution in [2.45, 2.75) is 0 Å². The molecule has 0 saturated heterocycles. The number of anilines is 1. The van der Waals surface area contributed by atoms with Gasteiger partial charge in [-0.1, -0.05) is 24.3 Å². The fourth-order valence-electron chi connectivity index (χ4n) is 2.37. The lowest BCUT2D eigenvalue weighted by atomic mass is 10.1. The molecule has 3 aromatic rings. The molecule has 3 rings (SSSR count). The van der Waals surface area contributed by atoms with E-state index in [2.05, 4.69) is 5.32 Å². The monoisotopic (exact) mass is 325 g/mol. The molecule has 0 unspecified atom stereocenters. The van der Waals surface area contributed by atoms with Gasteiger partial charge in [0.2, 0.25) is 0 Å². The maximum Gasteiger partial charge on any atom is 0.349 e. The lowest BCUT2D eigenvalue weighted by Gasteiger charge is -2.10. The van der Waals surface area contributed by atoms with E-state index in [-0.39, 0.29) is 5.56 Å². The van der Waals surface area contributed by atoms with E-state index >= 15 is 0 Å². The van der Waals surface area contributed by atoms with E-state index in [1.165, 1.54) is 20.3 Å². The van der Waals surface area contributed by atoms with Gasteiger partial charge in [0.05, 0.1) is 19.9 Å². The first-order valence-corrected chi connectivity index (χ1v) is 7.19. The zero-order chi connectivity index (χ0) is 17.1. The number of benzene rings is 2. The third kappa shape index (κ3) is 2.81. The fourth-order valence-corrected chi connectivity index (χ4v) is 2.37. The molecule has 0 fully saturated rings. The van der Waals surface area contributed by atoms with Gasteiger partial charge < -0.3 is 19.2 Å². The van der Waals surface area contributed by atoms with Crippen LogP contribution in [0.2, 0.25) is 0 Å². The molecule has 1 aromatic heterocycles. The Hall–Kier alpha value is -3.28. The van der Waals surface area contributed by atoms with Crippen molar-refractivity contribution in [3.05, 3.63) is 64.5 Å². The largest absolute Gasteiger partial charge is 0.495 e. The minimum absolute atomic E-state index is 0.0957. The molecule has 0 aliphatic carbocycles. The molecular formula is C18H15NO5. The smallest absolute Gasteiger partial charge is 0.349 e. The van der Waals surface area contributed by atoms with E-state index in [0.29, 0.717) is 28.2 Å². The van der Waals surface area contributed by atoms with Gasteiger partial charge in [0.25, 0.3) is 5.91 Å². The third-order valence-corrected chi connectivity index (χ3v) is 3.54. The van der Waals surface area contributed by atoms with Crippen LogP contribution in [-0.4, -0.2) is 20.1 Å². The second kappa shape index (κ2) is 6.45. The predicted octanol–water partition coefficient (Wildman–Crippen LogP) is 3.06. The van der Waals surface area contributed by atoms with Crippen LogP contribution < -0.4 is 20.4 Å². The lowest BCUT2D eigenvalue weighted by Crippen LogP contribution is -2.21. The van der Waals surface area contributed by atoms with E-state index in [1.807, 2.05) is 0 Å². The number of hydrogen-bond donors (Lipinski definition) is 1. The van der Waals surface area contributed by atoms with Crippen molar-refractivity contribution in [3.63, 3.8) is 0 Å². The molecule has 1 amide bonds. The first kappa shape index (κ1) is 15.6. The summed E-state index contributed by atoms with van der Waals surface area (Å²) in [5, 5.41) is 3.25. The van der Waals surface area contributed by atoms with Gasteiger partial charge in [-0.3, -0.25) is 4.79 Å². The van der Waals surface area contributed by atoms with Crippen molar-refractivity contribution in [2.24, 2.45) is 0 Å². The van der Waals surface area contributed by atoms with Crippen LogP contribution in [0.1, 0.15) is 10.4 Å². The number of ether oxygens (including phenoxy) is 2. The Morgan fingerprint density at radius 2 is 1.71 bits per heavy atom. The van der Waals surface area contributed by atoms with Crippen LogP contribution in [0.4, 0.5) is 5.69 Å². The van der Waals surface area contributed by atoms with Gasteiger partial charge in [0.15, 0.2) is 11.3 Å². The highest BCUT2D eigenvalue weighted by atomic mass is 16.5. The fraction of sp³-hybridized carbons (Fsp3) is 0.111. The molecule has 0 aliphatic rings. The lowest BCUT2D eigenvalue weighted by molar-refractivity contribution is 0.102. The van der Waals surface area contributed by atoms with Gasteiger partial charge in [0, 0.05) is 5.39 Å². The predicted molar refractivity (Wildman–Crippen MR) is 90.0 cm³/mol. The summed E-state index contributed by atoms with van der Waals surface area (Å²) in [6.07, 6.45) is 0. The number of amides is 1. The highest BCUT2D eigenvalue weighted by molar-refractivity contribution is 6.06. The average Bonchev–Trinajstić information content (AvgIpc) is 2.61. The summed E-state index contributed by atoms with van der Waals surface area (Å²) in [5.41, 5.74) is -0.0602. The SMILES string of the molecule is COc1ccccc1NC(=O)c1cc2cccc(OC)c2oc1=O. The summed E-state index contributed by atoms with van der Waals surface area (Å²) in [5.74, 6) is 0.358. The average molecular weight is 325 g/mol. The van der Waals surface area contributed by atoms with Crippen LogP contribution in [0, 0.1) is 0 Å². The molecule has 0 aliphatic heterocycles. The first-order chi connectivity index (χ1) is 11.6. The number of carbonyl (C=O) groups excluding carboxylic acids is 1. The van der Waals surface area contributed by atoms with Crippen LogP contribution in [0.15, 0.2) is 57.7 Å². The summed E-state index contributed by atoms with van der Waals surface area (Å²) < 4.78 is 15.6. The van der Waals surface area contributed by atoms with Gasteiger partial charge in [0.1, 0.15) is 11.3 Å². The minimum Gasteiger partial charge on any atom is -0.495 e. The molecule has 6 nitrogen and oxygen atoms in total. The molecular weight excluding hydrogens is 310 g/mol. The molecule has 6 heteroatoms. The third-order valence-electron chi connectivity index (χ3n) is 3.54. The zero-order valence-corrected chi connectivity index (χ0v) is 13.2. The Bertz CT molecular complexity index is 961. The number of fused-ring (bicyclic) bond motifs is 1. The summed E-state index contributed by atoms with van der Waals surface area (Å²) >= 11 is 0. The topological polar surface area (TPSA) is 77.8 Å². The highest BCUT2D eigenvalue weighted by Gasteiger charge is 2.16. The second-order valence-corrected chi connectivity index (χ2v) is 4.98. The number of carbonyl (C=O) groups is 1. The molecule has 2 aromatic carbocycles. The van der Waals surface area contributed by atoms with Crippen molar-refractivity contribution in [1.82, 2.24) is 0 Å². The Morgan fingerprint density at radius 1 is 1.00 bits per heavy atom. The molecule has 122 valence electrons. The number of nitrogens with one attached hydrogen (secondary N) is 1. The molecule has 1 heterocycles. The molecule has 0 spiro atoms. The molecule has 24 heavy (non-hydrogen) atoms. The van der Waals surface area contributed by atoms with Crippen LogP contribution in [0.3, 0.4) is 0 Å². The number of methoxy groups -OCH3 is 2. The Kier molecular flexibility index (Phi) is 4.20. The normalized spacial score (nSPS) is 10.4. The van der Waals surface area contributed by atoms with Gasteiger partial charge in [-0.05, 0) is 24.3 Å². The van der Waals surface area contributed by atoms with Crippen molar-refractivity contribution < 1.29 is 18.7 Å². The zero-order valence-electron chi connectivity index (χ0n) is 13.2. The Balaban J connectivity index is 2.01. The van der Waals surface area contributed by atoms with Crippen molar-refractivity contribution >= 4 is 22.6 Å². The summed E-state index contributed by atoms with van der Waals surface area (Å²) in [6.45, 7) is 0. The van der Waals surface area contributed by atoms with Crippen LogP contribution in [0.25, 0.3) is 11.0 Å². The van der Waals surface area contributed by atoms with E-state index in [1.54, 1.807) is 42.5 Å². The standard InChI is InChI=1S/C18H15NO5/c1-22-14-8-4-3-7-13(14)19-17(20)12-10-11-6-5-9-15(23-2)16(11)24-18(12)21/h3-10H,1-2H3,(H,19,20). The summed E-state index contributed by atoms with van der Waals surface area (Å²) in [4.78, 5) is 24.6. The summed E-state index contributed by atoms with van der Waals surface area (Å²) in [6, 6.07) is 13.6. The Labute approximate surface area is 137 Å². The number of rotatable bonds is 4. The molecule has 0 radical (unpaired) electrons. The van der Waals surface area contributed by atoms with Crippen LogP contribution in [-0.2, 0) is 0 Å². The number of hydrogen-bond acceptors (Lipinski definition) is 5. The first-order valence-electron chi connectivity index (χ1n) is 7.19. The van der Waals surface area contributed by atoms with Crippen molar-refractivity contribution in [1.29, 1.82) is 0 Å². The molecule has 1 N–H and O–H groups in total. The maximum atomic E-state index is 12.4. The van der Waals surface area contributed by atoms with Gasteiger partial charge in [-0.25, -0.2) is 4.79 Å². The van der Waals surface area contributed by atoms with Gasteiger partial charge in [-0.15, -0.1) is 0 Å². The quantitative estimate of drug-likeness (QED) is 0.746. The molecule has 0 atom stereocenters. The molecule has 0 bridgehead atoms. The second-order valence-electron chi connectivity index (χ2n) is 4.98. The van der Waals surface area contributed by atoms with Gasteiger partial charge >= 0.3 is 5.63 Å². The maximum absolute atomic E-state index is 12.4. The van der Waals surface area contributed by atoms with Crippen LogP contribution >= 0.6 is 0 Å². The van der Waals surface area contributed by atoms with E-state index in [9.17, 15) is 9.59 Å². The van der Waals surface area contributed by atoms with E-state index < -0.39 is 11.5 Å². The number of para-hydroxylation sites is 3. The highest BCUT2D eigenvalue weighted by Crippen LogP contribution is 2.26. The summed E-state index contributed by atoms with van der Waals surface area (Å²) in [7, 11) is 2.98. The Morgan fingerprint density at radius 3 is 2.46 bits per heavy atom. The van der Waals surface area contributed by atoms with Crippen molar-refractivity contribution in [3.8, 4) is 11.5 Å². The van der Waals surface area contributed by atoms with E-state index in [4.69, 9.17) is 13.9 Å². The van der Waals surface area contributed by atoms with E-state index in [0.717, 1.165) is 0 Å². The van der Waals surface area contributed by atoms with Crippen molar-refractivity contribution in [2.75, 3.05) is 19.5 Å². The van der Waals surface area contributed by atoms with Crippen LogP contribution in [0.5, 0.6) is 11.5 Å². The molecule has 0 saturated carbocycles. The van der Waals surface area contributed by atoms with Gasteiger partial charge in [-0.2, -0.15) is 0 Å². The minimum atomic E-state index is -0.737.